The van der Waals surface area contributed by atoms with Gasteiger partial charge in [-0.2, -0.15) is 0 Å². The molecular formula is C13H19NO3S. The summed E-state index contributed by atoms with van der Waals surface area (Å²) < 4.78 is 0. The number of hydrogen-bond donors (Lipinski definition) is 3. The highest BCUT2D eigenvalue weighted by atomic mass is 32.2. The standard InChI is InChI=1S/C13H19NO3S/c1-9(2)18-12-5-3-10(4-6-12)14-8-11(15)7-13(16)17/h3-6,9,11,14-15H,7-8H2,1-2H3,(H,16,17). The normalized spacial score (nSPS) is 12.4. The van der Waals surface area contributed by atoms with E-state index in [1.807, 2.05) is 24.3 Å². The number of aliphatic hydroxyl groups is 1. The summed E-state index contributed by atoms with van der Waals surface area (Å²) >= 11 is 1.79. The van der Waals surface area contributed by atoms with Gasteiger partial charge in [0.25, 0.3) is 0 Å². The Morgan fingerprint density at radius 1 is 1.33 bits per heavy atom. The SMILES string of the molecule is CC(C)Sc1ccc(NCC(O)CC(=O)O)cc1. The van der Waals surface area contributed by atoms with Gasteiger partial charge in [-0.1, -0.05) is 13.8 Å². The Kier molecular flexibility index (Phi) is 6.01. The molecule has 18 heavy (non-hydrogen) atoms. The fourth-order valence-corrected chi connectivity index (χ4v) is 2.27. The molecule has 0 aromatic heterocycles. The lowest BCUT2D eigenvalue weighted by Gasteiger charge is -2.11. The number of carboxylic acid groups (broad SMARTS) is 1. The van der Waals surface area contributed by atoms with Crippen LogP contribution in [0, 0.1) is 0 Å². The van der Waals surface area contributed by atoms with Crippen LogP contribution in [0.3, 0.4) is 0 Å². The monoisotopic (exact) mass is 269 g/mol. The third kappa shape index (κ3) is 5.93. The molecule has 1 aromatic carbocycles. The van der Waals surface area contributed by atoms with Crippen molar-refractivity contribution in [2.45, 2.75) is 36.5 Å². The number of aliphatic hydroxyl groups excluding tert-OH is 1. The van der Waals surface area contributed by atoms with E-state index in [-0.39, 0.29) is 13.0 Å². The van der Waals surface area contributed by atoms with Crippen LogP contribution >= 0.6 is 11.8 Å². The van der Waals surface area contributed by atoms with Gasteiger partial charge in [-0.05, 0) is 24.3 Å². The molecule has 1 aromatic rings. The van der Waals surface area contributed by atoms with Crippen molar-refractivity contribution in [1.82, 2.24) is 0 Å². The lowest BCUT2D eigenvalue weighted by atomic mass is 10.2. The second-order valence-electron chi connectivity index (χ2n) is 4.32. The summed E-state index contributed by atoms with van der Waals surface area (Å²) in [5.41, 5.74) is 0.882. The van der Waals surface area contributed by atoms with Crippen LogP contribution < -0.4 is 5.32 Å². The van der Waals surface area contributed by atoms with Crippen molar-refractivity contribution in [2.24, 2.45) is 0 Å². The molecule has 0 amide bonds. The fraction of sp³-hybridized carbons (Fsp3) is 0.462. The third-order valence-electron chi connectivity index (χ3n) is 2.18. The topological polar surface area (TPSA) is 69.6 Å². The minimum absolute atomic E-state index is 0.239. The summed E-state index contributed by atoms with van der Waals surface area (Å²) in [7, 11) is 0. The van der Waals surface area contributed by atoms with Crippen LogP contribution in [0.4, 0.5) is 5.69 Å². The minimum atomic E-state index is -0.993. The Balaban J connectivity index is 2.41. The first-order valence-corrected chi connectivity index (χ1v) is 6.76. The highest BCUT2D eigenvalue weighted by Gasteiger charge is 2.08. The predicted molar refractivity (Wildman–Crippen MR) is 74.2 cm³/mol. The van der Waals surface area contributed by atoms with Crippen LogP contribution in [0.5, 0.6) is 0 Å². The summed E-state index contributed by atoms with van der Waals surface area (Å²) in [6, 6.07) is 7.88. The summed E-state index contributed by atoms with van der Waals surface area (Å²) in [6.45, 7) is 4.52. The Labute approximate surface area is 111 Å². The number of nitrogens with one attached hydrogen (secondary N) is 1. The maximum atomic E-state index is 10.4. The Hall–Kier alpha value is -1.20. The zero-order chi connectivity index (χ0) is 13.5. The molecule has 3 N–H and O–H groups in total. The molecule has 0 saturated carbocycles. The van der Waals surface area contributed by atoms with Gasteiger partial charge >= 0.3 is 5.97 Å². The maximum Gasteiger partial charge on any atom is 0.306 e. The van der Waals surface area contributed by atoms with E-state index in [2.05, 4.69) is 19.2 Å². The molecule has 0 aliphatic heterocycles. The van der Waals surface area contributed by atoms with E-state index in [1.165, 1.54) is 4.90 Å². The molecule has 0 fully saturated rings. The number of carboxylic acids is 1. The van der Waals surface area contributed by atoms with E-state index < -0.39 is 12.1 Å². The van der Waals surface area contributed by atoms with Crippen molar-refractivity contribution in [3.63, 3.8) is 0 Å². The molecule has 0 spiro atoms. The Morgan fingerprint density at radius 2 is 1.94 bits per heavy atom. The van der Waals surface area contributed by atoms with E-state index in [4.69, 9.17) is 5.11 Å². The fourth-order valence-electron chi connectivity index (χ4n) is 1.43. The van der Waals surface area contributed by atoms with Crippen LogP contribution in [-0.4, -0.2) is 34.1 Å². The van der Waals surface area contributed by atoms with Crippen molar-refractivity contribution in [3.8, 4) is 0 Å². The second-order valence-corrected chi connectivity index (χ2v) is 5.97. The second kappa shape index (κ2) is 7.28. The van der Waals surface area contributed by atoms with E-state index >= 15 is 0 Å². The number of aliphatic carboxylic acids is 1. The first-order valence-electron chi connectivity index (χ1n) is 5.88. The van der Waals surface area contributed by atoms with Crippen molar-refractivity contribution >= 4 is 23.4 Å². The molecule has 0 radical (unpaired) electrons. The van der Waals surface area contributed by atoms with Gasteiger partial charge in [0.1, 0.15) is 0 Å². The number of hydrogen-bond acceptors (Lipinski definition) is 4. The molecule has 0 saturated heterocycles. The predicted octanol–water partition coefficient (Wildman–Crippen LogP) is 2.43. The first kappa shape index (κ1) is 14.9. The average molecular weight is 269 g/mol. The smallest absolute Gasteiger partial charge is 0.306 e. The molecule has 5 heteroatoms. The van der Waals surface area contributed by atoms with Crippen LogP contribution in [-0.2, 0) is 4.79 Å². The highest BCUT2D eigenvalue weighted by Crippen LogP contribution is 2.24. The minimum Gasteiger partial charge on any atom is -0.481 e. The van der Waals surface area contributed by atoms with Gasteiger partial charge < -0.3 is 15.5 Å². The molecule has 0 heterocycles. The zero-order valence-electron chi connectivity index (χ0n) is 10.6. The Morgan fingerprint density at radius 3 is 2.44 bits per heavy atom. The van der Waals surface area contributed by atoms with Crippen molar-refractivity contribution in [1.29, 1.82) is 0 Å². The van der Waals surface area contributed by atoms with Gasteiger partial charge in [0.15, 0.2) is 0 Å². The summed E-state index contributed by atoms with van der Waals surface area (Å²) in [4.78, 5) is 11.6. The van der Waals surface area contributed by atoms with Crippen molar-refractivity contribution < 1.29 is 15.0 Å². The number of carbonyl (C=O) groups is 1. The zero-order valence-corrected chi connectivity index (χ0v) is 11.4. The molecule has 1 unspecified atom stereocenters. The van der Waals surface area contributed by atoms with Crippen LogP contribution in [0.2, 0.25) is 0 Å². The third-order valence-corrected chi connectivity index (χ3v) is 3.19. The highest BCUT2D eigenvalue weighted by molar-refractivity contribution is 7.99. The molecule has 100 valence electrons. The number of anilines is 1. The van der Waals surface area contributed by atoms with E-state index in [1.54, 1.807) is 11.8 Å². The molecule has 0 aliphatic rings. The van der Waals surface area contributed by atoms with E-state index in [9.17, 15) is 9.90 Å². The Bertz CT molecular complexity index is 378. The molecule has 0 aliphatic carbocycles. The number of benzene rings is 1. The number of rotatable bonds is 7. The maximum absolute atomic E-state index is 10.4. The van der Waals surface area contributed by atoms with Gasteiger partial charge in [-0.15, -0.1) is 11.8 Å². The van der Waals surface area contributed by atoms with Gasteiger partial charge in [0, 0.05) is 22.4 Å². The molecular weight excluding hydrogens is 250 g/mol. The van der Waals surface area contributed by atoms with Gasteiger partial charge in [0.2, 0.25) is 0 Å². The van der Waals surface area contributed by atoms with Crippen LogP contribution in [0.25, 0.3) is 0 Å². The molecule has 1 rings (SSSR count). The molecule has 1 atom stereocenters. The lowest BCUT2D eigenvalue weighted by molar-refractivity contribution is -0.138. The lowest BCUT2D eigenvalue weighted by Crippen LogP contribution is -2.22. The largest absolute Gasteiger partial charge is 0.481 e. The van der Waals surface area contributed by atoms with Crippen LogP contribution in [0.15, 0.2) is 29.2 Å². The summed E-state index contributed by atoms with van der Waals surface area (Å²) in [5.74, 6) is -0.993. The van der Waals surface area contributed by atoms with Gasteiger partial charge in [-0.3, -0.25) is 4.79 Å². The molecule has 4 nitrogen and oxygen atoms in total. The first-order chi connectivity index (χ1) is 8.47. The number of thioether (sulfide) groups is 1. The quantitative estimate of drug-likeness (QED) is 0.663. The summed E-state index contributed by atoms with van der Waals surface area (Å²) in [5, 5.41) is 21.5. The van der Waals surface area contributed by atoms with Gasteiger partial charge in [0.05, 0.1) is 12.5 Å². The average Bonchev–Trinajstić information content (AvgIpc) is 2.26. The van der Waals surface area contributed by atoms with Gasteiger partial charge in [-0.25, -0.2) is 0 Å². The van der Waals surface area contributed by atoms with Crippen molar-refractivity contribution in [3.05, 3.63) is 24.3 Å². The summed E-state index contributed by atoms with van der Waals surface area (Å²) in [6.07, 6.45) is -1.11. The van der Waals surface area contributed by atoms with Crippen LogP contribution in [0.1, 0.15) is 20.3 Å². The van der Waals surface area contributed by atoms with E-state index in [0.717, 1.165) is 5.69 Å². The van der Waals surface area contributed by atoms with Crippen molar-refractivity contribution in [2.75, 3.05) is 11.9 Å². The van der Waals surface area contributed by atoms with E-state index in [0.29, 0.717) is 5.25 Å². The molecule has 0 bridgehead atoms.